The van der Waals surface area contributed by atoms with E-state index in [4.69, 9.17) is 4.74 Å². The SMILES string of the molecule is CC/C=C(/C)CCC.CCCc1ccccc1CC.COc1ccc(S(=O)(=O)[O-])c2ccccc12.[Na+]. The third-order valence-corrected chi connectivity index (χ3v) is 6.44. The zero-order chi connectivity index (χ0) is 26.3. The molecular weight excluding hydrogens is 479 g/mol. The van der Waals surface area contributed by atoms with Gasteiger partial charge in [0, 0.05) is 10.8 Å². The largest absolute Gasteiger partial charge is 1.00 e. The first kappa shape index (κ1) is 34.4. The van der Waals surface area contributed by atoms with Crippen molar-refractivity contribution in [2.75, 3.05) is 7.11 Å². The summed E-state index contributed by atoms with van der Waals surface area (Å²) in [5.74, 6) is 0.544. The quantitative estimate of drug-likeness (QED) is 0.235. The Morgan fingerprint density at radius 2 is 1.44 bits per heavy atom. The van der Waals surface area contributed by atoms with Gasteiger partial charge in [-0.25, -0.2) is 8.42 Å². The van der Waals surface area contributed by atoms with Crippen molar-refractivity contribution in [2.24, 2.45) is 0 Å². The van der Waals surface area contributed by atoms with Crippen LogP contribution in [0.4, 0.5) is 0 Å². The van der Waals surface area contributed by atoms with Crippen LogP contribution < -0.4 is 34.3 Å². The molecule has 0 radical (unpaired) electrons. The summed E-state index contributed by atoms with van der Waals surface area (Å²) in [6.07, 6.45) is 9.67. The van der Waals surface area contributed by atoms with Gasteiger partial charge in [-0.3, -0.25) is 0 Å². The average molecular weight is 521 g/mol. The molecule has 0 spiro atoms. The molecule has 0 saturated heterocycles. The predicted molar refractivity (Wildman–Crippen MR) is 147 cm³/mol. The Labute approximate surface area is 241 Å². The van der Waals surface area contributed by atoms with E-state index in [1.54, 1.807) is 24.3 Å². The van der Waals surface area contributed by atoms with Gasteiger partial charge < -0.3 is 9.29 Å². The smallest absolute Gasteiger partial charge is 0.744 e. The van der Waals surface area contributed by atoms with Crippen LogP contribution in [-0.4, -0.2) is 20.1 Å². The molecule has 0 fully saturated rings. The fraction of sp³-hybridized carbons (Fsp3) is 0.400. The van der Waals surface area contributed by atoms with Crippen LogP contribution in [0, 0.1) is 0 Å². The van der Waals surface area contributed by atoms with Gasteiger partial charge in [0.2, 0.25) is 0 Å². The number of hydrogen-bond donors (Lipinski definition) is 0. The summed E-state index contributed by atoms with van der Waals surface area (Å²) in [5.41, 5.74) is 4.57. The molecule has 0 bridgehead atoms. The van der Waals surface area contributed by atoms with Gasteiger partial charge in [-0.15, -0.1) is 0 Å². The Morgan fingerprint density at radius 1 is 0.861 bits per heavy atom. The summed E-state index contributed by atoms with van der Waals surface area (Å²) in [5, 5.41) is 0.999. The molecule has 0 N–H and O–H groups in total. The first-order valence-electron chi connectivity index (χ1n) is 12.5. The number of hydrogen-bond acceptors (Lipinski definition) is 4. The van der Waals surface area contributed by atoms with Gasteiger partial charge in [0.25, 0.3) is 0 Å². The van der Waals surface area contributed by atoms with E-state index < -0.39 is 10.1 Å². The normalized spacial score (nSPS) is 10.9. The number of ether oxygens (including phenoxy) is 1. The summed E-state index contributed by atoms with van der Waals surface area (Å²) < 4.78 is 38.2. The second-order valence-corrected chi connectivity index (χ2v) is 9.69. The Balaban J connectivity index is 0.000000539. The van der Waals surface area contributed by atoms with E-state index in [1.807, 2.05) is 0 Å². The number of allylic oxidation sites excluding steroid dienone is 2. The van der Waals surface area contributed by atoms with Crippen LogP contribution in [0.15, 0.2) is 77.2 Å². The van der Waals surface area contributed by atoms with Crippen LogP contribution in [0.3, 0.4) is 0 Å². The van der Waals surface area contributed by atoms with E-state index in [0.29, 0.717) is 16.5 Å². The minimum Gasteiger partial charge on any atom is -0.744 e. The molecule has 0 unspecified atom stereocenters. The molecule has 3 rings (SSSR count). The number of rotatable bonds is 8. The Kier molecular flexibility index (Phi) is 17.7. The van der Waals surface area contributed by atoms with Crippen LogP contribution in [0.2, 0.25) is 0 Å². The zero-order valence-electron chi connectivity index (χ0n) is 23.1. The van der Waals surface area contributed by atoms with Crippen molar-refractivity contribution < 1.29 is 47.3 Å². The maximum atomic E-state index is 11.1. The van der Waals surface area contributed by atoms with Crippen molar-refractivity contribution in [3.8, 4) is 5.75 Å². The van der Waals surface area contributed by atoms with Gasteiger partial charge >= 0.3 is 29.6 Å². The van der Waals surface area contributed by atoms with E-state index in [0.717, 1.165) is 6.42 Å². The second-order valence-electron chi connectivity index (χ2n) is 8.35. The fourth-order valence-corrected chi connectivity index (χ4v) is 4.58. The molecule has 0 saturated carbocycles. The van der Waals surface area contributed by atoms with Crippen molar-refractivity contribution in [1.82, 2.24) is 0 Å². The van der Waals surface area contributed by atoms with E-state index in [2.05, 4.69) is 65.0 Å². The fourth-order valence-electron chi connectivity index (χ4n) is 3.90. The Bertz CT molecular complexity index is 1170. The number of aryl methyl sites for hydroxylation is 2. The van der Waals surface area contributed by atoms with Gasteiger partial charge in [-0.2, -0.15) is 0 Å². The second kappa shape index (κ2) is 18.6. The van der Waals surface area contributed by atoms with E-state index in [-0.39, 0.29) is 34.5 Å². The molecule has 6 heteroatoms. The van der Waals surface area contributed by atoms with Crippen LogP contribution in [0.1, 0.15) is 71.4 Å². The minimum atomic E-state index is -4.46. The minimum absolute atomic E-state index is 0. The number of fused-ring (bicyclic) bond motifs is 1. The van der Waals surface area contributed by atoms with Gasteiger partial charge in [0.05, 0.1) is 12.0 Å². The maximum Gasteiger partial charge on any atom is 1.00 e. The molecule has 0 aliphatic rings. The van der Waals surface area contributed by atoms with Gasteiger partial charge in [0.15, 0.2) is 0 Å². The van der Waals surface area contributed by atoms with E-state index >= 15 is 0 Å². The molecule has 0 amide bonds. The monoisotopic (exact) mass is 520 g/mol. The van der Waals surface area contributed by atoms with Crippen molar-refractivity contribution in [1.29, 1.82) is 0 Å². The summed E-state index contributed by atoms with van der Waals surface area (Å²) in [6, 6.07) is 18.2. The Hall–Kier alpha value is -1.63. The molecular formula is C30H41NaO4S. The van der Waals surface area contributed by atoms with Crippen LogP contribution >= 0.6 is 0 Å². The molecule has 0 aliphatic carbocycles. The van der Waals surface area contributed by atoms with Crippen molar-refractivity contribution >= 4 is 20.9 Å². The van der Waals surface area contributed by atoms with E-state index in [1.165, 1.54) is 68.0 Å². The molecule has 4 nitrogen and oxygen atoms in total. The standard InChI is InChI=1S/C11H10O4S.C11H16.C8H16.Na/c1-15-10-6-7-11(16(12,13)14)9-5-3-2-4-8(9)10;1-3-7-11-9-6-5-8-10(11)4-2;1-4-6-8(3)7-5-2;/h2-7H,1H3,(H,12,13,14);5-6,8-9H,3-4,7H2,1-2H3;6H,4-5,7H2,1-3H3;/q;;;+1/p-1/b;;8-6-;. The molecule has 36 heavy (non-hydrogen) atoms. The third-order valence-electron chi connectivity index (χ3n) is 5.55. The van der Waals surface area contributed by atoms with Gasteiger partial charge in [0.1, 0.15) is 15.9 Å². The molecule has 192 valence electrons. The summed E-state index contributed by atoms with van der Waals surface area (Å²) in [6.45, 7) is 11.0. The first-order chi connectivity index (χ1) is 16.7. The molecule has 0 aromatic heterocycles. The third kappa shape index (κ3) is 11.6. The summed E-state index contributed by atoms with van der Waals surface area (Å²) in [4.78, 5) is -0.219. The van der Waals surface area contributed by atoms with Crippen LogP contribution in [0.25, 0.3) is 10.8 Å². The summed E-state index contributed by atoms with van der Waals surface area (Å²) in [7, 11) is -2.97. The zero-order valence-corrected chi connectivity index (χ0v) is 26.0. The molecule has 3 aromatic rings. The first-order valence-corrected chi connectivity index (χ1v) is 13.9. The van der Waals surface area contributed by atoms with E-state index in [9.17, 15) is 13.0 Å². The number of benzene rings is 3. The average Bonchev–Trinajstić information content (AvgIpc) is 2.84. The van der Waals surface area contributed by atoms with Gasteiger partial charge in [-0.05, 0) is 55.9 Å². The molecule has 3 aromatic carbocycles. The molecule has 0 atom stereocenters. The summed E-state index contributed by atoms with van der Waals surface area (Å²) >= 11 is 0. The van der Waals surface area contributed by atoms with Crippen LogP contribution in [-0.2, 0) is 23.0 Å². The molecule has 0 heterocycles. The van der Waals surface area contributed by atoms with Crippen molar-refractivity contribution in [2.45, 2.75) is 78.0 Å². The maximum absolute atomic E-state index is 11.1. The predicted octanol–water partition coefficient (Wildman–Crippen LogP) is 5.10. The molecule has 0 aliphatic heterocycles. The topological polar surface area (TPSA) is 66.4 Å². The Morgan fingerprint density at radius 3 is 1.94 bits per heavy atom. The van der Waals surface area contributed by atoms with Gasteiger partial charge in [-0.1, -0.05) is 101 Å². The van der Waals surface area contributed by atoms with Crippen molar-refractivity contribution in [3.63, 3.8) is 0 Å². The van der Waals surface area contributed by atoms with Crippen LogP contribution in [0.5, 0.6) is 5.75 Å². The number of methoxy groups -OCH3 is 1. The van der Waals surface area contributed by atoms with Crippen molar-refractivity contribution in [3.05, 3.63) is 83.4 Å².